The molecule has 9 atom stereocenters. The topological polar surface area (TPSA) is 102 Å². The number of ether oxygens (including phenoxy) is 1. The molecule has 0 spiro atoms. The molecule has 27 heavy (non-hydrogen) atoms. The van der Waals surface area contributed by atoms with E-state index in [2.05, 4.69) is 12.2 Å². The number of amides is 1. The molecule has 2 saturated heterocycles. The van der Waals surface area contributed by atoms with E-state index in [1.165, 1.54) is 11.8 Å². The lowest BCUT2D eigenvalue weighted by Gasteiger charge is -2.44. The minimum absolute atomic E-state index is 0.147. The minimum Gasteiger partial charge on any atom is -0.388 e. The first kappa shape index (κ1) is 23.2. The molecule has 0 aromatic rings. The van der Waals surface area contributed by atoms with Crippen molar-refractivity contribution in [1.82, 2.24) is 10.2 Å². The van der Waals surface area contributed by atoms with Crippen molar-refractivity contribution >= 4 is 29.3 Å². The molecule has 0 aliphatic carbocycles. The summed E-state index contributed by atoms with van der Waals surface area (Å²) in [5, 5.41) is 33.0. The highest BCUT2D eigenvalue weighted by Gasteiger charge is 2.48. The van der Waals surface area contributed by atoms with Gasteiger partial charge in [0.2, 0.25) is 5.91 Å². The van der Waals surface area contributed by atoms with Crippen molar-refractivity contribution in [3.63, 3.8) is 0 Å². The SMILES string of the molecule is CCC[C@H]1C[C@@H](C(=O)N[C@H]([C@@H]2O[C@@H](SC)[C@@H](O)[C@@H](O)[C@@H]2O)[C@@H](C)Cl)N(C)C1. The van der Waals surface area contributed by atoms with Crippen molar-refractivity contribution in [1.29, 1.82) is 0 Å². The van der Waals surface area contributed by atoms with E-state index in [1.54, 1.807) is 13.2 Å². The molecule has 7 nitrogen and oxygen atoms in total. The van der Waals surface area contributed by atoms with E-state index >= 15 is 0 Å². The molecule has 2 aliphatic heterocycles. The van der Waals surface area contributed by atoms with E-state index in [0.717, 1.165) is 25.8 Å². The van der Waals surface area contributed by atoms with Gasteiger partial charge in [-0.3, -0.25) is 9.69 Å². The molecule has 0 aromatic carbocycles. The Kier molecular flexibility index (Phi) is 8.67. The Morgan fingerprint density at radius 3 is 2.56 bits per heavy atom. The Hall–Kier alpha value is -0.0900. The number of rotatable bonds is 7. The normalized spacial score (nSPS) is 39.9. The van der Waals surface area contributed by atoms with Gasteiger partial charge in [0.15, 0.2) is 0 Å². The van der Waals surface area contributed by atoms with Crippen LogP contribution in [0, 0.1) is 5.92 Å². The summed E-state index contributed by atoms with van der Waals surface area (Å²) >= 11 is 7.55. The smallest absolute Gasteiger partial charge is 0.237 e. The number of aliphatic hydroxyl groups is 3. The summed E-state index contributed by atoms with van der Waals surface area (Å²) in [6, 6.07) is -0.934. The molecule has 0 radical (unpaired) electrons. The maximum Gasteiger partial charge on any atom is 0.237 e. The van der Waals surface area contributed by atoms with E-state index in [4.69, 9.17) is 16.3 Å². The number of hydrogen-bond acceptors (Lipinski definition) is 7. The number of alkyl halides is 1. The molecule has 9 heteroatoms. The predicted octanol–water partition coefficient (Wildman–Crippen LogP) is 0.390. The number of thioether (sulfide) groups is 1. The second kappa shape index (κ2) is 10.1. The van der Waals surface area contributed by atoms with Gasteiger partial charge in [-0.1, -0.05) is 13.3 Å². The Morgan fingerprint density at radius 1 is 1.33 bits per heavy atom. The van der Waals surface area contributed by atoms with E-state index in [-0.39, 0.29) is 11.9 Å². The first-order valence-electron chi connectivity index (χ1n) is 9.58. The number of carbonyl (C=O) groups is 1. The van der Waals surface area contributed by atoms with E-state index in [9.17, 15) is 20.1 Å². The van der Waals surface area contributed by atoms with Crippen molar-refractivity contribution in [3.05, 3.63) is 0 Å². The number of hydrogen-bond donors (Lipinski definition) is 4. The van der Waals surface area contributed by atoms with Crippen LogP contribution in [-0.4, -0.2) is 93.3 Å². The zero-order valence-electron chi connectivity index (χ0n) is 16.4. The fraction of sp³-hybridized carbons (Fsp3) is 0.944. The number of aliphatic hydroxyl groups excluding tert-OH is 3. The van der Waals surface area contributed by atoms with E-state index in [1.807, 2.05) is 11.9 Å². The predicted molar refractivity (Wildman–Crippen MR) is 107 cm³/mol. The third kappa shape index (κ3) is 5.29. The third-order valence-corrected chi connectivity index (χ3v) is 6.76. The van der Waals surface area contributed by atoms with Crippen LogP contribution in [0.25, 0.3) is 0 Å². The van der Waals surface area contributed by atoms with Crippen LogP contribution in [0.5, 0.6) is 0 Å². The lowest BCUT2D eigenvalue weighted by molar-refractivity contribution is -0.205. The molecule has 0 aromatic heterocycles. The van der Waals surface area contributed by atoms with Gasteiger partial charge in [-0.05, 0) is 39.0 Å². The summed E-state index contributed by atoms with van der Waals surface area (Å²) < 4.78 is 5.79. The summed E-state index contributed by atoms with van der Waals surface area (Å²) in [5.74, 6) is 0.350. The van der Waals surface area contributed by atoms with Gasteiger partial charge in [0.1, 0.15) is 29.9 Å². The van der Waals surface area contributed by atoms with Gasteiger partial charge in [0.25, 0.3) is 0 Å². The average molecular weight is 425 g/mol. The number of nitrogens with zero attached hydrogens (tertiary/aromatic N) is 1. The van der Waals surface area contributed by atoms with Gasteiger partial charge in [-0.15, -0.1) is 23.4 Å². The molecule has 1 amide bonds. The highest BCUT2D eigenvalue weighted by molar-refractivity contribution is 7.99. The van der Waals surface area contributed by atoms with Crippen LogP contribution in [0.1, 0.15) is 33.1 Å². The molecule has 0 unspecified atom stereocenters. The molecule has 4 N–H and O–H groups in total. The van der Waals surface area contributed by atoms with Gasteiger partial charge < -0.3 is 25.4 Å². The summed E-state index contributed by atoms with van der Waals surface area (Å²) in [7, 11) is 1.94. The Bertz CT molecular complexity index is 498. The van der Waals surface area contributed by atoms with Crippen LogP contribution in [0.4, 0.5) is 0 Å². The fourth-order valence-electron chi connectivity index (χ4n) is 4.11. The van der Waals surface area contributed by atoms with Gasteiger partial charge in [-0.25, -0.2) is 0 Å². The molecule has 0 bridgehead atoms. The van der Waals surface area contributed by atoms with Crippen molar-refractivity contribution in [3.8, 4) is 0 Å². The van der Waals surface area contributed by atoms with E-state index in [0.29, 0.717) is 5.92 Å². The highest BCUT2D eigenvalue weighted by Crippen LogP contribution is 2.31. The quantitative estimate of drug-likeness (QED) is 0.438. The minimum atomic E-state index is -1.36. The standard InChI is InChI=1S/C18H33ClN2O5S/c1-5-6-10-7-11(21(3)8-10)17(25)20-12(9(2)19)16-14(23)13(22)15(24)18(26-16)27-4/h9-16,18,22-24H,5-8H2,1-4H3,(H,20,25)/t9-,10+,11+,12+,13+,14+,15+,16+,18+/m1/s1. The van der Waals surface area contributed by atoms with Crippen molar-refractivity contribution < 1.29 is 24.9 Å². The largest absolute Gasteiger partial charge is 0.388 e. The zero-order chi connectivity index (χ0) is 20.3. The van der Waals surface area contributed by atoms with Gasteiger partial charge >= 0.3 is 0 Å². The molecule has 2 aliphatic rings. The zero-order valence-corrected chi connectivity index (χ0v) is 18.0. The van der Waals surface area contributed by atoms with E-state index < -0.39 is 41.3 Å². The van der Waals surface area contributed by atoms with Crippen LogP contribution >= 0.6 is 23.4 Å². The first-order chi connectivity index (χ1) is 12.7. The second-order valence-electron chi connectivity index (χ2n) is 7.73. The summed E-state index contributed by atoms with van der Waals surface area (Å²) in [6.45, 7) is 4.74. The van der Waals surface area contributed by atoms with Crippen LogP contribution in [0.3, 0.4) is 0 Å². The molecular weight excluding hydrogens is 392 g/mol. The van der Waals surface area contributed by atoms with Gasteiger partial charge in [0.05, 0.1) is 17.5 Å². The Balaban J connectivity index is 2.09. The Labute approximate surface area is 170 Å². The number of halogens is 1. The maximum atomic E-state index is 12.9. The van der Waals surface area contributed by atoms with Crippen molar-refractivity contribution in [2.45, 2.75) is 80.4 Å². The van der Waals surface area contributed by atoms with Crippen molar-refractivity contribution in [2.75, 3.05) is 19.8 Å². The second-order valence-corrected chi connectivity index (χ2v) is 9.36. The van der Waals surface area contributed by atoms with Crippen LogP contribution < -0.4 is 5.32 Å². The van der Waals surface area contributed by atoms with Crippen molar-refractivity contribution in [2.24, 2.45) is 5.92 Å². The summed E-state index contributed by atoms with van der Waals surface area (Å²) in [6.07, 6.45) is -0.0980. The lowest BCUT2D eigenvalue weighted by Crippen LogP contribution is -2.65. The number of likely N-dealkylation sites (N-methyl/N-ethyl adjacent to an activating group) is 1. The van der Waals surface area contributed by atoms with Crippen LogP contribution in [0.2, 0.25) is 0 Å². The van der Waals surface area contributed by atoms with Crippen LogP contribution in [0.15, 0.2) is 0 Å². The lowest BCUT2D eigenvalue weighted by atomic mass is 9.92. The molecule has 2 rings (SSSR count). The van der Waals surface area contributed by atoms with Crippen LogP contribution in [-0.2, 0) is 9.53 Å². The molecule has 2 heterocycles. The molecular formula is C18H33ClN2O5S. The maximum absolute atomic E-state index is 12.9. The monoisotopic (exact) mass is 424 g/mol. The Morgan fingerprint density at radius 2 is 2.00 bits per heavy atom. The highest BCUT2D eigenvalue weighted by atomic mass is 35.5. The number of likely N-dealkylation sites (tertiary alicyclic amines) is 1. The van der Waals surface area contributed by atoms with Gasteiger partial charge in [-0.2, -0.15) is 0 Å². The first-order valence-corrected chi connectivity index (χ1v) is 11.3. The number of carbonyl (C=O) groups excluding carboxylic acids is 1. The molecule has 2 fully saturated rings. The fourth-order valence-corrected chi connectivity index (χ4v) is 5.00. The summed E-state index contributed by atoms with van der Waals surface area (Å²) in [5.41, 5.74) is -0.702. The average Bonchev–Trinajstić information content (AvgIpc) is 2.99. The molecule has 0 saturated carbocycles. The number of nitrogens with one attached hydrogen (secondary N) is 1. The summed E-state index contributed by atoms with van der Waals surface area (Å²) in [4.78, 5) is 14.9. The third-order valence-electron chi connectivity index (χ3n) is 5.63. The van der Waals surface area contributed by atoms with Gasteiger partial charge in [0, 0.05) is 6.54 Å². The molecule has 158 valence electrons.